The van der Waals surface area contributed by atoms with E-state index in [2.05, 4.69) is 23.4 Å². The first kappa shape index (κ1) is 11.9. The van der Waals surface area contributed by atoms with Crippen LogP contribution in [0.4, 0.5) is 0 Å². The predicted molar refractivity (Wildman–Crippen MR) is 65.6 cm³/mol. The molecule has 2 atom stereocenters. The van der Waals surface area contributed by atoms with E-state index in [0.717, 1.165) is 24.3 Å². The molecule has 0 saturated heterocycles. The van der Waals surface area contributed by atoms with Gasteiger partial charge in [0, 0.05) is 24.3 Å². The zero-order chi connectivity index (χ0) is 10.2. The molecular formula is C12H21NS. The fourth-order valence-corrected chi connectivity index (χ4v) is 2.84. The third kappa shape index (κ3) is 4.39. The summed E-state index contributed by atoms with van der Waals surface area (Å²) in [7, 11) is 0. The molecule has 0 bridgehead atoms. The van der Waals surface area contributed by atoms with Crippen LogP contribution in [0.15, 0.2) is 0 Å². The highest BCUT2D eigenvalue weighted by Gasteiger charge is 2.20. The topological polar surface area (TPSA) is 12.0 Å². The van der Waals surface area contributed by atoms with Crippen molar-refractivity contribution < 1.29 is 0 Å². The molecule has 14 heavy (non-hydrogen) atoms. The fraction of sp³-hybridized carbons (Fsp3) is 0.833. The van der Waals surface area contributed by atoms with Crippen molar-refractivity contribution in [1.29, 1.82) is 0 Å². The van der Waals surface area contributed by atoms with Crippen molar-refractivity contribution in [2.24, 2.45) is 0 Å². The van der Waals surface area contributed by atoms with Crippen molar-refractivity contribution in [2.45, 2.75) is 50.3 Å². The average Bonchev–Trinajstić information content (AvgIpc) is 2.25. The summed E-state index contributed by atoms with van der Waals surface area (Å²) in [6, 6.07) is 0.750. The Morgan fingerprint density at radius 2 is 2.29 bits per heavy atom. The zero-order valence-corrected chi connectivity index (χ0v) is 10.1. The molecule has 1 fully saturated rings. The Labute approximate surface area is 92.4 Å². The molecule has 0 amide bonds. The Morgan fingerprint density at radius 1 is 1.43 bits per heavy atom. The van der Waals surface area contributed by atoms with Gasteiger partial charge in [-0.1, -0.05) is 6.42 Å². The lowest BCUT2D eigenvalue weighted by Crippen LogP contribution is -2.35. The van der Waals surface area contributed by atoms with Crippen LogP contribution in [0, 0.1) is 11.8 Å². The molecule has 0 aromatic carbocycles. The Morgan fingerprint density at radius 3 is 3.00 bits per heavy atom. The van der Waals surface area contributed by atoms with Crippen molar-refractivity contribution >= 4 is 11.8 Å². The standard InChI is InChI=1S/C12H21NS/c1-3-4-5-9-13-11-7-6-8-12(10-11)14-2/h11-13H,5-10H2,1-2H3. The van der Waals surface area contributed by atoms with Crippen LogP contribution in [0.5, 0.6) is 0 Å². The van der Waals surface area contributed by atoms with Crippen molar-refractivity contribution in [3.8, 4) is 11.8 Å². The van der Waals surface area contributed by atoms with Gasteiger partial charge < -0.3 is 5.32 Å². The van der Waals surface area contributed by atoms with Gasteiger partial charge in [0.2, 0.25) is 0 Å². The van der Waals surface area contributed by atoms with Crippen molar-refractivity contribution in [2.75, 3.05) is 12.8 Å². The Kier molecular flexibility index (Phi) is 6.14. The van der Waals surface area contributed by atoms with E-state index in [1.807, 2.05) is 18.7 Å². The van der Waals surface area contributed by atoms with Gasteiger partial charge in [-0.15, -0.1) is 11.8 Å². The van der Waals surface area contributed by atoms with Crippen LogP contribution in [0.1, 0.15) is 39.0 Å². The summed E-state index contributed by atoms with van der Waals surface area (Å²) in [5.74, 6) is 6.03. The monoisotopic (exact) mass is 211 g/mol. The maximum atomic E-state index is 3.60. The zero-order valence-electron chi connectivity index (χ0n) is 9.31. The van der Waals surface area contributed by atoms with E-state index < -0.39 is 0 Å². The number of nitrogens with one attached hydrogen (secondary N) is 1. The number of hydrogen-bond donors (Lipinski definition) is 1. The Bertz CT molecular complexity index is 204. The van der Waals surface area contributed by atoms with Gasteiger partial charge in [0.05, 0.1) is 0 Å². The molecule has 1 aliphatic carbocycles. The van der Waals surface area contributed by atoms with Gasteiger partial charge in [-0.25, -0.2) is 0 Å². The Hall–Kier alpha value is -0.130. The van der Waals surface area contributed by atoms with E-state index in [9.17, 15) is 0 Å². The summed E-state index contributed by atoms with van der Waals surface area (Å²) in [5.41, 5.74) is 0. The molecule has 2 unspecified atom stereocenters. The molecule has 1 saturated carbocycles. The maximum absolute atomic E-state index is 3.60. The van der Waals surface area contributed by atoms with Crippen molar-refractivity contribution in [3.05, 3.63) is 0 Å². The molecule has 1 N–H and O–H groups in total. The molecule has 1 rings (SSSR count). The quantitative estimate of drug-likeness (QED) is 0.567. The second-order valence-electron chi connectivity index (χ2n) is 3.85. The van der Waals surface area contributed by atoms with Gasteiger partial charge in [-0.3, -0.25) is 0 Å². The first-order chi connectivity index (χ1) is 6.86. The molecule has 0 spiro atoms. The summed E-state index contributed by atoms with van der Waals surface area (Å²) >= 11 is 2.03. The second kappa shape index (κ2) is 7.20. The largest absolute Gasteiger partial charge is 0.313 e. The van der Waals surface area contributed by atoms with Gasteiger partial charge in [-0.05, 0) is 32.4 Å². The minimum absolute atomic E-state index is 0.750. The van der Waals surface area contributed by atoms with Crippen LogP contribution in [-0.2, 0) is 0 Å². The van der Waals surface area contributed by atoms with Gasteiger partial charge in [-0.2, -0.15) is 11.8 Å². The second-order valence-corrected chi connectivity index (χ2v) is 4.99. The van der Waals surface area contributed by atoms with Gasteiger partial charge in [0.25, 0.3) is 0 Å². The molecule has 0 radical (unpaired) electrons. The summed E-state index contributed by atoms with van der Waals surface area (Å²) in [6.07, 6.45) is 8.74. The van der Waals surface area contributed by atoms with E-state index in [1.54, 1.807) is 0 Å². The van der Waals surface area contributed by atoms with E-state index in [-0.39, 0.29) is 0 Å². The maximum Gasteiger partial charge on any atom is 0.0214 e. The van der Waals surface area contributed by atoms with Crippen LogP contribution in [0.3, 0.4) is 0 Å². The first-order valence-corrected chi connectivity index (χ1v) is 6.81. The normalized spacial score (nSPS) is 26.7. The predicted octanol–water partition coefficient (Wildman–Crippen LogP) is 2.66. The minimum Gasteiger partial charge on any atom is -0.313 e. The minimum atomic E-state index is 0.750. The van der Waals surface area contributed by atoms with Crippen LogP contribution in [0.25, 0.3) is 0 Å². The highest BCUT2D eigenvalue weighted by atomic mass is 32.2. The number of rotatable bonds is 4. The highest BCUT2D eigenvalue weighted by molar-refractivity contribution is 7.99. The third-order valence-corrected chi connectivity index (χ3v) is 3.91. The van der Waals surface area contributed by atoms with E-state index in [0.29, 0.717) is 0 Å². The van der Waals surface area contributed by atoms with Gasteiger partial charge in [0.15, 0.2) is 0 Å². The molecule has 2 heteroatoms. The average molecular weight is 211 g/mol. The number of thioether (sulfide) groups is 1. The summed E-state index contributed by atoms with van der Waals surface area (Å²) in [4.78, 5) is 0. The smallest absolute Gasteiger partial charge is 0.0214 e. The molecule has 0 aromatic heterocycles. The highest BCUT2D eigenvalue weighted by Crippen LogP contribution is 2.26. The first-order valence-electron chi connectivity index (χ1n) is 5.52. The Balaban J connectivity index is 2.13. The van der Waals surface area contributed by atoms with Crippen LogP contribution >= 0.6 is 11.8 Å². The summed E-state index contributed by atoms with van der Waals surface area (Å²) in [6.45, 7) is 2.97. The van der Waals surface area contributed by atoms with Crippen molar-refractivity contribution in [3.63, 3.8) is 0 Å². The SMILES string of the molecule is CC#CCCNC1CCCC(SC)C1. The summed E-state index contributed by atoms with van der Waals surface area (Å²) < 4.78 is 0. The molecule has 0 aliphatic heterocycles. The molecule has 1 nitrogen and oxygen atoms in total. The molecule has 1 aliphatic rings. The van der Waals surface area contributed by atoms with Crippen LogP contribution in [-0.4, -0.2) is 24.1 Å². The van der Waals surface area contributed by atoms with E-state index in [1.165, 1.54) is 25.7 Å². The number of hydrogen-bond acceptors (Lipinski definition) is 2. The fourth-order valence-electron chi connectivity index (χ4n) is 2.01. The molecular weight excluding hydrogens is 190 g/mol. The molecule has 0 heterocycles. The van der Waals surface area contributed by atoms with E-state index in [4.69, 9.17) is 0 Å². The third-order valence-electron chi connectivity index (χ3n) is 2.82. The molecule has 80 valence electrons. The summed E-state index contributed by atoms with van der Waals surface area (Å²) in [5, 5.41) is 4.49. The van der Waals surface area contributed by atoms with Crippen LogP contribution in [0.2, 0.25) is 0 Å². The lowest BCUT2D eigenvalue weighted by atomic mass is 9.95. The van der Waals surface area contributed by atoms with Gasteiger partial charge in [0.1, 0.15) is 0 Å². The van der Waals surface area contributed by atoms with Crippen LogP contribution < -0.4 is 5.32 Å². The van der Waals surface area contributed by atoms with E-state index >= 15 is 0 Å². The molecule has 0 aromatic rings. The lowest BCUT2D eigenvalue weighted by molar-refractivity contribution is 0.384. The van der Waals surface area contributed by atoms with Crippen molar-refractivity contribution in [1.82, 2.24) is 5.32 Å². The van der Waals surface area contributed by atoms with Gasteiger partial charge >= 0.3 is 0 Å². The lowest BCUT2D eigenvalue weighted by Gasteiger charge is -2.28.